The molecule has 0 bridgehead atoms. The van der Waals surface area contributed by atoms with Crippen molar-refractivity contribution >= 4 is 17.5 Å². The van der Waals surface area contributed by atoms with Crippen molar-refractivity contribution in [1.82, 2.24) is 10.2 Å². The van der Waals surface area contributed by atoms with Gasteiger partial charge < -0.3 is 25.0 Å². The van der Waals surface area contributed by atoms with Crippen molar-refractivity contribution in [1.29, 1.82) is 0 Å². The molecule has 0 radical (unpaired) electrons. The van der Waals surface area contributed by atoms with Crippen molar-refractivity contribution in [2.45, 2.75) is 25.3 Å². The zero-order valence-electron chi connectivity index (χ0n) is 15.6. The molecule has 7 nitrogen and oxygen atoms in total. The average Bonchev–Trinajstić information content (AvgIpc) is 2.67. The fourth-order valence-corrected chi connectivity index (χ4v) is 3.06. The molecule has 1 fully saturated rings. The van der Waals surface area contributed by atoms with Crippen LogP contribution in [0.3, 0.4) is 0 Å². The van der Waals surface area contributed by atoms with Crippen LogP contribution in [0.25, 0.3) is 0 Å². The minimum Gasteiger partial charge on any atom is -0.383 e. The average molecular weight is 363 g/mol. The molecule has 144 valence electrons. The summed E-state index contributed by atoms with van der Waals surface area (Å²) < 4.78 is 10.2. The van der Waals surface area contributed by atoms with Gasteiger partial charge in [-0.2, -0.15) is 0 Å². The Morgan fingerprint density at radius 2 is 1.88 bits per heavy atom. The molecule has 1 heterocycles. The number of amides is 2. The number of benzene rings is 1. The van der Waals surface area contributed by atoms with Crippen molar-refractivity contribution < 1.29 is 19.1 Å². The number of anilines is 1. The van der Waals surface area contributed by atoms with E-state index in [0.717, 1.165) is 5.69 Å². The number of ether oxygens (including phenoxy) is 2. The highest BCUT2D eigenvalue weighted by Gasteiger charge is 2.42. The fourth-order valence-electron chi connectivity index (χ4n) is 3.06. The normalized spacial score (nSPS) is 16.2. The summed E-state index contributed by atoms with van der Waals surface area (Å²) in [4.78, 5) is 26.8. The van der Waals surface area contributed by atoms with E-state index in [1.165, 1.54) is 0 Å². The maximum absolute atomic E-state index is 12.9. The molecule has 26 heavy (non-hydrogen) atoms. The summed E-state index contributed by atoms with van der Waals surface area (Å²) in [7, 11) is 1.60. The number of nitrogens with one attached hydrogen (secondary N) is 2. The van der Waals surface area contributed by atoms with E-state index in [9.17, 15) is 9.59 Å². The standard InChI is InChI=1S/C19H29N3O4/c1-3-26-15-17(23)22-12-9-19(10-13-22,18(24)20-11-14-25-2)21-16-7-5-4-6-8-16/h4-8,21H,3,9-15H2,1-2H3,(H,20,24). The van der Waals surface area contributed by atoms with Crippen molar-refractivity contribution in [3.63, 3.8) is 0 Å². The summed E-state index contributed by atoms with van der Waals surface area (Å²) in [6, 6.07) is 9.68. The minimum atomic E-state index is -0.739. The summed E-state index contributed by atoms with van der Waals surface area (Å²) >= 11 is 0. The number of carbonyl (C=O) groups excluding carboxylic acids is 2. The number of hydrogen-bond donors (Lipinski definition) is 2. The van der Waals surface area contributed by atoms with E-state index >= 15 is 0 Å². The Kier molecular flexibility index (Phi) is 7.87. The summed E-state index contributed by atoms with van der Waals surface area (Å²) in [5.74, 6) is -0.0877. The van der Waals surface area contributed by atoms with Gasteiger partial charge in [-0.3, -0.25) is 9.59 Å². The number of hydrogen-bond acceptors (Lipinski definition) is 5. The van der Waals surface area contributed by atoms with Gasteiger partial charge in [-0.05, 0) is 31.9 Å². The first-order valence-corrected chi connectivity index (χ1v) is 9.07. The smallest absolute Gasteiger partial charge is 0.248 e. The molecular formula is C19H29N3O4. The monoisotopic (exact) mass is 363 g/mol. The largest absolute Gasteiger partial charge is 0.383 e. The van der Waals surface area contributed by atoms with Gasteiger partial charge in [0.1, 0.15) is 12.1 Å². The molecule has 1 aromatic carbocycles. The van der Waals surface area contributed by atoms with E-state index in [-0.39, 0.29) is 18.4 Å². The molecule has 1 saturated heterocycles. The zero-order chi connectivity index (χ0) is 18.8. The molecular weight excluding hydrogens is 334 g/mol. The van der Waals surface area contributed by atoms with Crippen LogP contribution < -0.4 is 10.6 Å². The number of para-hydroxylation sites is 1. The Labute approximate surface area is 155 Å². The number of piperidine rings is 1. The number of likely N-dealkylation sites (tertiary alicyclic amines) is 1. The third-order valence-corrected chi connectivity index (χ3v) is 4.58. The van der Waals surface area contributed by atoms with Crippen molar-refractivity contribution in [2.24, 2.45) is 0 Å². The summed E-state index contributed by atoms with van der Waals surface area (Å²) in [5, 5.41) is 6.34. The molecule has 0 aliphatic carbocycles. The van der Waals surface area contributed by atoms with E-state index in [0.29, 0.717) is 45.7 Å². The molecule has 1 aliphatic rings. The molecule has 2 N–H and O–H groups in total. The lowest BCUT2D eigenvalue weighted by Gasteiger charge is -2.41. The quantitative estimate of drug-likeness (QED) is 0.646. The molecule has 2 amide bonds. The van der Waals surface area contributed by atoms with Crippen LogP contribution >= 0.6 is 0 Å². The van der Waals surface area contributed by atoms with E-state index in [4.69, 9.17) is 9.47 Å². The van der Waals surface area contributed by atoms with Crippen LogP contribution in [0.4, 0.5) is 5.69 Å². The van der Waals surface area contributed by atoms with Gasteiger partial charge in [-0.15, -0.1) is 0 Å². The summed E-state index contributed by atoms with van der Waals surface area (Å²) in [6.07, 6.45) is 1.08. The molecule has 1 aliphatic heterocycles. The third kappa shape index (κ3) is 5.44. The molecule has 7 heteroatoms. The Balaban J connectivity index is 2.05. The summed E-state index contributed by atoms with van der Waals surface area (Å²) in [6.45, 7) is 4.43. The van der Waals surface area contributed by atoms with Gasteiger partial charge in [0.2, 0.25) is 11.8 Å². The van der Waals surface area contributed by atoms with Crippen LogP contribution in [0.1, 0.15) is 19.8 Å². The lowest BCUT2D eigenvalue weighted by molar-refractivity contribution is -0.139. The highest BCUT2D eigenvalue weighted by molar-refractivity contribution is 5.90. The first-order valence-electron chi connectivity index (χ1n) is 9.07. The molecule has 0 aromatic heterocycles. The number of nitrogens with zero attached hydrogens (tertiary/aromatic N) is 1. The zero-order valence-corrected chi connectivity index (χ0v) is 15.6. The first kappa shape index (κ1) is 20.2. The Morgan fingerprint density at radius 3 is 2.50 bits per heavy atom. The lowest BCUT2D eigenvalue weighted by Crippen LogP contribution is -2.59. The van der Waals surface area contributed by atoms with Crippen LogP contribution in [-0.4, -0.2) is 68.8 Å². The second-order valence-corrected chi connectivity index (χ2v) is 6.34. The second kappa shape index (κ2) is 10.1. The van der Waals surface area contributed by atoms with Gasteiger partial charge in [0.15, 0.2) is 0 Å². The summed E-state index contributed by atoms with van der Waals surface area (Å²) in [5.41, 5.74) is 0.154. The van der Waals surface area contributed by atoms with Crippen LogP contribution in [0, 0.1) is 0 Å². The van der Waals surface area contributed by atoms with Crippen molar-refractivity contribution in [3.8, 4) is 0 Å². The van der Waals surface area contributed by atoms with E-state index in [1.54, 1.807) is 12.0 Å². The lowest BCUT2D eigenvalue weighted by atomic mass is 9.85. The van der Waals surface area contributed by atoms with Crippen LogP contribution in [0.2, 0.25) is 0 Å². The maximum atomic E-state index is 12.9. The van der Waals surface area contributed by atoms with Crippen LogP contribution in [-0.2, 0) is 19.1 Å². The van der Waals surface area contributed by atoms with Crippen LogP contribution in [0.15, 0.2) is 30.3 Å². The minimum absolute atomic E-state index is 0.0278. The van der Waals surface area contributed by atoms with Crippen LogP contribution in [0.5, 0.6) is 0 Å². The molecule has 1 aromatic rings. The molecule has 0 unspecified atom stereocenters. The van der Waals surface area contributed by atoms with Gasteiger partial charge in [-0.1, -0.05) is 18.2 Å². The third-order valence-electron chi connectivity index (χ3n) is 4.58. The predicted molar refractivity (Wildman–Crippen MR) is 100.0 cm³/mol. The van der Waals surface area contributed by atoms with E-state index in [1.807, 2.05) is 37.3 Å². The fraction of sp³-hybridized carbons (Fsp3) is 0.579. The van der Waals surface area contributed by atoms with Gasteiger partial charge in [0.05, 0.1) is 6.61 Å². The number of rotatable bonds is 9. The predicted octanol–water partition coefficient (Wildman–Crippen LogP) is 1.26. The molecule has 0 spiro atoms. The maximum Gasteiger partial charge on any atom is 0.248 e. The Hall–Kier alpha value is -2.12. The van der Waals surface area contributed by atoms with Gasteiger partial charge in [-0.25, -0.2) is 0 Å². The van der Waals surface area contributed by atoms with Crippen molar-refractivity contribution in [3.05, 3.63) is 30.3 Å². The van der Waals surface area contributed by atoms with E-state index in [2.05, 4.69) is 10.6 Å². The highest BCUT2D eigenvalue weighted by atomic mass is 16.5. The van der Waals surface area contributed by atoms with Gasteiger partial charge >= 0.3 is 0 Å². The highest BCUT2D eigenvalue weighted by Crippen LogP contribution is 2.27. The molecule has 0 atom stereocenters. The van der Waals surface area contributed by atoms with Gasteiger partial charge in [0.25, 0.3) is 0 Å². The number of carbonyl (C=O) groups is 2. The first-order chi connectivity index (χ1) is 12.6. The molecule has 0 saturated carbocycles. The Bertz CT molecular complexity index is 571. The topological polar surface area (TPSA) is 79.9 Å². The Morgan fingerprint density at radius 1 is 1.19 bits per heavy atom. The molecule has 2 rings (SSSR count). The van der Waals surface area contributed by atoms with Crippen molar-refractivity contribution in [2.75, 3.05) is 51.9 Å². The second-order valence-electron chi connectivity index (χ2n) is 6.34. The van der Waals surface area contributed by atoms with Gasteiger partial charge in [0, 0.05) is 39.0 Å². The van der Waals surface area contributed by atoms with E-state index < -0.39 is 5.54 Å². The SMILES string of the molecule is CCOCC(=O)N1CCC(Nc2ccccc2)(C(=O)NCCOC)CC1. The number of methoxy groups -OCH3 is 1.